The average Bonchev–Trinajstić information content (AvgIpc) is 3.60. The van der Waals surface area contributed by atoms with E-state index in [2.05, 4.69) is 30.7 Å². The lowest BCUT2D eigenvalue weighted by molar-refractivity contribution is 0.274. The van der Waals surface area contributed by atoms with Gasteiger partial charge in [-0.15, -0.1) is 10.2 Å². The molecule has 0 aliphatic carbocycles. The van der Waals surface area contributed by atoms with Crippen molar-refractivity contribution in [2.45, 2.75) is 25.5 Å². The van der Waals surface area contributed by atoms with Gasteiger partial charge in [0, 0.05) is 34.6 Å². The van der Waals surface area contributed by atoms with Gasteiger partial charge in [0.25, 0.3) is 0 Å². The monoisotopic (exact) mass is 458 g/mol. The van der Waals surface area contributed by atoms with E-state index in [0.717, 1.165) is 11.1 Å². The van der Waals surface area contributed by atoms with E-state index >= 15 is 0 Å². The van der Waals surface area contributed by atoms with Crippen molar-refractivity contribution in [2.24, 2.45) is 20.5 Å². The third-order valence-corrected chi connectivity index (χ3v) is 5.30. The molecule has 12 nitrogen and oxygen atoms in total. The van der Waals surface area contributed by atoms with Gasteiger partial charge in [-0.1, -0.05) is 24.3 Å². The maximum absolute atomic E-state index is 9.03. The van der Waals surface area contributed by atoms with Gasteiger partial charge in [0.15, 0.2) is 24.0 Å². The summed E-state index contributed by atoms with van der Waals surface area (Å²) in [6.07, 6.45) is -0.542. The normalized spacial score (nSPS) is 17.4. The Kier molecular flexibility index (Phi) is 5.57. The Morgan fingerprint density at radius 2 is 1.24 bits per heavy atom. The highest BCUT2D eigenvalue weighted by atomic mass is 16.3. The summed E-state index contributed by atoms with van der Waals surface area (Å²) in [5, 5.41) is 42.9. The van der Waals surface area contributed by atoms with E-state index < -0.39 is 0 Å². The summed E-state index contributed by atoms with van der Waals surface area (Å²) in [6.45, 7) is -0.191. The molecular formula is C22H22N10O2. The van der Waals surface area contributed by atoms with Gasteiger partial charge in [0.05, 0.1) is 24.6 Å². The Balaban J connectivity index is 0.000000142. The van der Waals surface area contributed by atoms with Gasteiger partial charge in [0.1, 0.15) is 0 Å². The van der Waals surface area contributed by atoms with E-state index in [0.29, 0.717) is 34.4 Å². The van der Waals surface area contributed by atoms with E-state index in [-0.39, 0.29) is 25.5 Å². The summed E-state index contributed by atoms with van der Waals surface area (Å²) < 4.78 is 3.37. The topological polar surface area (TPSA) is 178 Å². The van der Waals surface area contributed by atoms with Gasteiger partial charge in [-0.25, -0.2) is 9.36 Å². The highest BCUT2D eigenvalue weighted by molar-refractivity contribution is 5.44. The van der Waals surface area contributed by atoms with Crippen LogP contribution >= 0.6 is 0 Å². The fourth-order valence-electron chi connectivity index (χ4n) is 3.66. The Bertz CT molecular complexity index is 1370. The fourth-order valence-corrected chi connectivity index (χ4v) is 3.66. The van der Waals surface area contributed by atoms with Gasteiger partial charge in [0.2, 0.25) is 0 Å². The van der Waals surface area contributed by atoms with Crippen molar-refractivity contribution >= 4 is 23.0 Å². The molecule has 0 saturated carbocycles. The number of nitrogens with two attached hydrogens (primary N) is 2. The van der Waals surface area contributed by atoms with Crippen molar-refractivity contribution in [3.05, 3.63) is 83.2 Å². The second-order valence-corrected chi connectivity index (χ2v) is 7.71. The van der Waals surface area contributed by atoms with Crippen molar-refractivity contribution < 1.29 is 10.2 Å². The number of rotatable bonds is 4. The van der Waals surface area contributed by atoms with Crippen LogP contribution in [0.1, 0.15) is 34.8 Å². The number of aromatic nitrogens is 4. The summed E-state index contributed by atoms with van der Waals surface area (Å²) in [5.74, 6) is 1.32. The van der Waals surface area contributed by atoms with Gasteiger partial charge in [-0.2, -0.15) is 20.4 Å². The standard InChI is InChI=1S/2C11H11N5O/c12-8-3-1-7(2-4-8)11-14-13-10-5-9(6-17)15-16(10)11;12-8-3-1-2-7(4-8)11-14-13-10-5-9(6-17)15-16(10)11/h2*1-5,11,17H,6,12H2. The van der Waals surface area contributed by atoms with Crippen LogP contribution in [0.3, 0.4) is 0 Å². The van der Waals surface area contributed by atoms with Crippen molar-refractivity contribution in [1.82, 2.24) is 19.6 Å². The maximum atomic E-state index is 9.03. The molecule has 4 heterocycles. The van der Waals surface area contributed by atoms with Crippen LogP contribution in [0.25, 0.3) is 0 Å². The Morgan fingerprint density at radius 3 is 1.76 bits per heavy atom. The zero-order valence-electron chi connectivity index (χ0n) is 18.0. The third kappa shape index (κ3) is 4.02. The molecule has 4 aromatic rings. The summed E-state index contributed by atoms with van der Waals surface area (Å²) in [4.78, 5) is 0. The van der Waals surface area contributed by atoms with Gasteiger partial charge in [-0.3, -0.25) is 0 Å². The smallest absolute Gasteiger partial charge is 0.190 e. The van der Waals surface area contributed by atoms with E-state index in [9.17, 15) is 0 Å². The van der Waals surface area contributed by atoms with Crippen LogP contribution in [0.15, 0.2) is 81.1 Å². The summed E-state index contributed by atoms with van der Waals surface area (Å²) in [5.41, 5.74) is 15.8. The molecule has 0 saturated heterocycles. The Morgan fingerprint density at radius 1 is 0.676 bits per heavy atom. The quantitative estimate of drug-likeness (QED) is 0.341. The number of hydrogen-bond acceptors (Lipinski definition) is 10. The van der Waals surface area contributed by atoms with Crippen molar-refractivity contribution in [2.75, 3.05) is 11.5 Å². The number of nitrogen functional groups attached to an aromatic ring is 2. The number of aliphatic hydroxyl groups excluding tert-OH is 2. The molecule has 12 heteroatoms. The van der Waals surface area contributed by atoms with Crippen LogP contribution in [0.5, 0.6) is 0 Å². The van der Waals surface area contributed by atoms with Crippen molar-refractivity contribution in [1.29, 1.82) is 0 Å². The minimum atomic E-state index is -0.284. The molecule has 0 fully saturated rings. The molecule has 172 valence electrons. The molecule has 6 N–H and O–H groups in total. The molecule has 0 amide bonds. The zero-order valence-corrected chi connectivity index (χ0v) is 18.0. The lowest BCUT2D eigenvalue weighted by atomic mass is 10.1. The Labute approximate surface area is 193 Å². The zero-order chi connectivity index (χ0) is 23.7. The molecule has 2 atom stereocenters. The lowest BCUT2D eigenvalue weighted by Gasteiger charge is -2.08. The number of aliphatic hydroxyl groups is 2. The first-order chi connectivity index (χ1) is 16.6. The van der Waals surface area contributed by atoms with Crippen LogP contribution < -0.4 is 11.5 Å². The van der Waals surface area contributed by atoms with Crippen LogP contribution in [0.4, 0.5) is 23.0 Å². The number of anilines is 2. The molecule has 34 heavy (non-hydrogen) atoms. The predicted molar refractivity (Wildman–Crippen MR) is 123 cm³/mol. The van der Waals surface area contributed by atoms with E-state index in [1.807, 2.05) is 48.5 Å². The number of fused-ring (bicyclic) bond motifs is 2. The Hall–Kier alpha value is -4.42. The highest BCUT2D eigenvalue weighted by Crippen LogP contribution is 2.34. The third-order valence-electron chi connectivity index (χ3n) is 5.30. The van der Waals surface area contributed by atoms with Crippen LogP contribution in [-0.2, 0) is 13.2 Å². The minimum Gasteiger partial charge on any atom is -0.399 e. The van der Waals surface area contributed by atoms with Gasteiger partial charge in [-0.05, 0) is 24.3 Å². The average molecular weight is 458 g/mol. The molecular weight excluding hydrogens is 436 g/mol. The predicted octanol–water partition coefficient (Wildman–Crippen LogP) is 3.20. The molecule has 0 spiro atoms. The fraction of sp³-hybridized carbons (Fsp3) is 0.182. The summed E-state index contributed by atoms with van der Waals surface area (Å²) in [7, 11) is 0. The van der Waals surface area contributed by atoms with E-state index in [1.165, 1.54) is 0 Å². The second-order valence-electron chi connectivity index (χ2n) is 7.71. The number of benzene rings is 2. The van der Waals surface area contributed by atoms with Crippen LogP contribution in [0, 0.1) is 0 Å². The minimum absolute atomic E-state index is 0.0933. The van der Waals surface area contributed by atoms with Gasteiger partial charge < -0.3 is 21.7 Å². The molecule has 0 radical (unpaired) electrons. The van der Waals surface area contributed by atoms with Crippen molar-refractivity contribution in [3.63, 3.8) is 0 Å². The van der Waals surface area contributed by atoms with Crippen LogP contribution in [0.2, 0.25) is 0 Å². The highest BCUT2D eigenvalue weighted by Gasteiger charge is 2.24. The van der Waals surface area contributed by atoms with E-state index in [4.69, 9.17) is 21.7 Å². The maximum Gasteiger partial charge on any atom is 0.190 e. The largest absolute Gasteiger partial charge is 0.399 e. The first kappa shape index (κ1) is 21.4. The molecule has 2 aliphatic rings. The molecule has 2 aromatic carbocycles. The molecule has 6 rings (SSSR count). The number of azo groups is 2. The number of nitrogens with zero attached hydrogens (tertiary/aromatic N) is 8. The summed E-state index contributed by atoms with van der Waals surface area (Å²) >= 11 is 0. The van der Waals surface area contributed by atoms with Crippen molar-refractivity contribution in [3.8, 4) is 0 Å². The molecule has 2 aliphatic heterocycles. The second kappa shape index (κ2) is 8.84. The van der Waals surface area contributed by atoms with E-state index in [1.54, 1.807) is 21.5 Å². The van der Waals surface area contributed by atoms with Gasteiger partial charge >= 0.3 is 0 Å². The molecule has 2 unspecified atom stereocenters. The first-order valence-electron chi connectivity index (χ1n) is 10.5. The summed E-state index contributed by atoms with van der Waals surface area (Å²) in [6, 6.07) is 18.3. The lowest BCUT2D eigenvalue weighted by Crippen LogP contribution is -2.07. The molecule has 0 bridgehead atoms. The molecule has 2 aromatic heterocycles. The van der Waals surface area contributed by atoms with Crippen LogP contribution in [-0.4, -0.2) is 29.8 Å². The first-order valence-corrected chi connectivity index (χ1v) is 10.5. The SMILES string of the molecule is Nc1ccc(C2N=Nc3cc(CO)nn32)cc1.Nc1cccc(C2N=Nc3cc(CO)nn32)c1. The number of hydrogen-bond donors (Lipinski definition) is 4.